The summed E-state index contributed by atoms with van der Waals surface area (Å²) in [6.07, 6.45) is 8.10. The average molecular weight is 280 g/mol. The maximum Gasteiger partial charge on any atom is 0.137 e. The second kappa shape index (κ2) is 11.7. The first kappa shape index (κ1) is 16.9. The number of ether oxygens (including phenoxy) is 2. The molecule has 1 N–H and O–H groups in total. The molecule has 0 spiro atoms. The lowest BCUT2D eigenvalue weighted by molar-refractivity contribution is 0.199. The van der Waals surface area contributed by atoms with Crippen LogP contribution >= 0.6 is 0 Å². The molecule has 0 saturated carbocycles. The van der Waals surface area contributed by atoms with Gasteiger partial charge in [-0.05, 0) is 18.6 Å². The SMILES string of the molecule is CCCCCCCOc1ccc(CNCCOC)nc1. The zero-order chi connectivity index (χ0) is 14.5. The largest absolute Gasteiger partial charge is 0.492 e. The van der Waals surface area contributed by atoms with Crippen LogP contribution in [0.25, 0.3) is 0 Å². The first-order valence-corrected chi connectivity index (χ1v) is 7.64. The lowest BCUT2D eigenvalue weighted by Gasteiger charge is -2.07. The third-order valence-electron chi connectivity index (χ3n) is 3.10. The fourth-order valence-corrected chi connectivity index (χ4v) is 1.89. The van der Waals surface area contributed by atoms with Crippen LogP contribution in [0.15, 0.2) is 18.3 Å². The monoisotopic (exact) mass is 280 g/mol. The lowest BCUT2D eigenvalue weighted by atomic mass is 10.2. The number of aromatic nitrogens is 1. The van der Waals surface area contributed by atoms with Gasteiger partial charge >= 0.3 is 0 Å². The molecule has 0 atom stereocenters. The van der Waals surface area contributed by atoms with Crippen molar-refractivity contribution < 1.29 is 9.47 Å². The Morgan fingerprint density at radius 2 is 1.95 bits per heavy atom. The molecular weight excluding hydrogens is 252 g/mol. The zero-order valence-corrected chi connectivity index (χ0v) is 12.9. The standard InChI is InChI=1S/C16H28N2O2/c1-3-4-5-6-7-11-20-16-9-8-15(18-14-16)13-17-10-12-19-2/h8-9,14,17H,3-7,10-13H2,1-2H3. The summed E-state index contributed by atoms with van der Waals surface area (Å²) >= 11 is 0. The number of pyridine rings is 1. The van der Waals surface area contributed by atoms with Gasteiger partial charge in [0.15, 0.2) is 0 Å². The predicted molar refractivity (Wildman–Crippen MR) is 82.1 cm³/mol. The van der Waals surface area contributed by atoms with Crippen molar-refractivity contribution in [3.63, 3.8) is 0 Å². The Balaban J connectivity index is 2.12. The summed E-state index contributed by atoms with van der Waals surface area (Å²) in [6.45, 7) is 5.35. The molecule has 20 heavy (non-hydrogen) atoms. The molecule has 4 nitrogen and oxygen atoms in total. The number of nitrogens with one attached hydrogen (secondary N) is 1. The van der Waals surface area contributed by atoms with Crippen LogP contribution in [-0.2, 0) is 11.3 Å². The molecule has 0 aliphatic heterocycles. The van der Waals surface area contributed by atoms with E-state index in [4.69, 9.17) is 9.47 Å². The van der Waals surface area contributed by atoms with E-state index in [2.05, 4.69) is 17.2 Å². The van der Waals surface area contributed by atoms with Crippen LogP contribution in [0.1, 0.15) is 44.7 Å². The van der Waals surface area contributed by atoms with Gasteiger partial charge in [0.05, 0.1) is 25.1 Å². The van der Waals surface area contributed by atoms with Gasteiger partial charge in [-0.15, -0.1) is 0 Å². The van der Waals surface area contributed by atoms with Crippen LogP contribution < -0.4 is 10.1 Å². The molecule has 0 saturated heterocycles. The minimum atomic E-state index is 0.721. The van der Waals surface area contributed by atoms with E-state index < -0.39 is 0 Å². The zero-order valence-electron chi connectivity index (χ0n) is 12.9. The second-order valence-corrected chi connectivity index (χ2v) is 4.92. The Kier molecular flexibility index (Phi) is 9.88. The number of unbranched alkanes of at least 4 members (excludes halogenated alkanes) is 4. The Labute approximate surface area is 122 Å². The lowest BCUT2D eigenvalue weighted by Crippen LogP contribution is -2.19. The van der Waals surface area contributed by atoms with Crippen molar-refractivity contribution >= 4 is 0 Å². The van der Waals surface area contributed by atoms with Gasteiger partial charge < -0.3 is 14.8 Å². The average Bonchev–Trinajstić information content (AvgIpc) is 2.49. The minimum Gasteiger partial charge on any atom is -0.492 e. The molecule has 0 unspecified atom stereocenters. The minimum absolute atomic E-state index is 0.721. The fraction of sp³-hybridized carbons (Fsp3) is 0.688. The molecule has 4 heteroatoms. The van der Waals surface area contributed by atoms with Crippen LogP contribution in [0.4, 0.5) is 0 Å². The summed E-state index contributed by atoms with van der Waals surface area (Å²) in [5.41, 5.74) is 1.02. The number of rotatable bonds is 12. The molecule has 114 valence electrons. The summed E-state index contributed by atoms with van der Waals surface area (Å²) in [4.78, 5) is 4.38. The number of methoxy groups -OCH3 is 1. The Hall–Kier alpha value is -1.13. The second-order valence-electron chi connectivity index (χ2n) is 4.92. The summed E-state index contributed by atoms with van der Waals surface area (Å²) in [5.74, 6) is 0.862. The molecule has 0 amide bonds. The maximum absolute atomic E-state index is 5.68. The Morgan fingerprint density at radius 1 is 1.10 bits per heavy atom. The third kappa shape index (κ3) is 8.12. The number of hydrogen-bond acceptors (Lipinski definition) is 4. The van der Waals surface area contributed by atoms with Gasteiger partial charge in [0.2, 0.25) is 0 Å². The van der Waals surface area contributed by atoms with E-state index in [1.807, 2.05) is 12.1 Å². The van der Waals surface area contributed by atoms with E-state index in [9.17, 15) is 0 Å². The van der Waals surface area contributed by atoms with Gasteiger partial charge in [0.1, 0.15) is 5.75 Å². The molecule has 0 bridgehead atoms. The van der Waals surface area contributed by atoms with Crippen LogP contribution in [0, 0.1) is 0 Å². The van der Waals surface area contributed by atoms with E-state index in [0.717, 1.165) is 44.2 Å². The van der Waals surface area contributed by atoms with Crippen molar-refractivity contribution in [3.05, 3.63) is 24.0 Å². The Morgan fingerprint density at radius 3 is 2.65 bits per heavy atom. The molecule has 1 heterocycles. The predicted octanol–water partition coefficient (Wildman–Crippen LogP) is 3.17. The van der Waals surface area contributed by atoms with Gasteiger partial charge in [-0.3, -0.25) is 4.98 Å². The summed E-state index contributed by atoms with van der Waals surface area (Å²) in [7, 11) is 1.70. The molecule has 1 aromatic rings. The topological polar surface area (TPSA) is 43.4 Å². The normalized spacial score (nSPS) is 10.7. The molecule has 0 aliphatic carbocycles. The van der Waals surface area contributed by atoms with E-state index in [1.165, 1.54) is 25.7 Å². The van der Waals surface area contributed by atoms with E-state index >= 15 is 0 Å². The Bertz CT molecular complexity index is 328. The molecule has 1 rings (SSSR count). The van der Waals surface area contributed by atoms with Crippen molar-refractivity contribution in [1.82, 2.24) is 10.3 Å². The highest BCUT2D eigenvalue weighted by Gasteiger charge is 1.97. The highest BCUT2D eigenvalue weighted by Crippen LogP contribution is 2.10. The first-order valence-electron chi connectivity index (χ1n) is 7.64. The van der Waals surface area contributed by atoms with Gasteiger partial charge in [-0.1, -0.05) is 32.6 Å². The summed E-state index contributed by atoms with van der Waals surface area (Å²) in [5, 5.41) is 3.27. The molecule has 0 aliphatic rings. The molecule has 0 aromatic carbocycles. The van der Waals surface area contributed by atoms with Crippen LogP contribution in [0.5, 0.6) is 5.75 Å². The highest BCUT2D eigenvalue weighted by molar-refractivity contribution is 5.19. The molecule has 1 aromatic heterocycles. The van der Waals surface area contributed by atoms with Crippen LogP contribution in [-0.4, -0.2) is 31.9 Å². The van der Waals surface area contributed by atoms with Crippen molar-refractivity contribution in [2.45, 2.75) is 45.6 Å². The number of nitrogens with zero attached hydrogens (tertiary/aromatic N) is 1. The van der Waals surface area contributed by atoms with Gasteiger partial charge in [-0.25, -0.2) is 0 Å². The van der Waals surface area contributed by atoms with Crippen molar-refractivity contribution in [3.8, 4) is 5.75 Å². The first-order chi connectivity index (χ1) is 9.86. The quantitative estimate of drug-likeness (QED) is 0.597. The van der Waals surface area contributed by atoms with E-state index in [-0.39, 0.29) is 0 Å². The van der Waals surface area contributed by atoms with E-state index in [0.29, 0.717) is 0 Å². The summed E-state index contributed by atoms with van der Waals surface area (Å²) < 4.78 is 10.7. The number of hydrogen-bond donors (Lipinski definition) is 1. The molecule has 0 fully saturated rings. The van der Waals surface area contributed by atoms with Gasteiger partial charge in [0, 0.05) is 20.2 Å². The highest BCUT2D eigenvalue weighted by atomic mass is 16.5. The smallest absolute Gasteiger partial charge is 0.137 e. The van der Waals surface area contributed by atoms with Crippen molar-refractivity contribution in [2.75, 3.05) is 26.9 Å². The summed E-state index contributed by atoms with van der Waals surface area (Å²) in [6, 6.07) is 4.00. The van der Waals surface area contributed by atoms with Crippen molar-refractivity contribution in [1.29, 1.82) is 0 Å². The van der Waals surface area contributed by atoms with Gasteiger partial charge in [-0.2, -0.15) is 0 Å². The fourth-order valence-electron chi connectivity index (χ4n) is 1.89. The van der Waals surface area contributed by atoms with Crippen molar-refractivity contribution in [2.24, 2.45) is 0 Å². The van der Waals surface area contributed by atoms with Gasteiger partial charge in [0.25, 0.3) is 0 Å². The molecule has 0 radical (unpaired) electrons. The van der Waals surface area contributed by atoms with Crippen LogP contribution in [0.3, 0.4) is 0 Å². The van der Waals surface area contributed by atoms with E-state index in [1.54, 1.807) is 13.3 Å². The molecular formula is C16H28N2O2. The van der Waals surface area contributed by atoms with Crippen LogP contribution in [0.2, 0.25) is 0 Å². The maximum atomic E-state index is 5.68. The third-order valence-corrected chi connectivity index (χ3v) is 3.10.